The maximum Gasteiger partial charge on any atom is 0.156 e. The van der Waals surface area contributed by atoms with Gasteiger partial charge in [-0.1, -0.05) is 23.2 Å². The summed E-state index contributed by atoms with van der Waals surface area (Å²) in [6.45, 7) is 1.55. The van der Waals surface area contributed by atoms with E-state index >= 15 is 0 Å². The van der Waals surface area contributed by atoms with Gasteiger partial charge in [-0.3, -0.25) is 0 Å². The predicted octanol–water partition coefficient (Wildman–Crippen LogP) is 2.68. The number of rotatable bonds is 5. The van der Waals surface area contributed by atoms with Crippen LogP contribution in [0.15, 0.2) is 12.1 Å². The second-order valence-electron chi connectivity index (χ2n) is 3.94. The number of halogens is 2. The van der Waals surface area contributed by atoms with E-state index in [4.69, 9.17) is 33.0 Å². The number of hydrogen-bond donors (Lipinski definition) is 2. The Bertz CT molecular complexity index is 357. The second-order valence-corrected chi connectivity index (χ2v) is 4.75. The molecule has 0 heterocycles. The van der Waals surface area contributed by atoms with Crippen LogP contribution in [0.1, 0.15) is 18.9 Å². The maximum atomic E-state index is 9.49. The Morgan fingerprint density at radius 2 is 1.76 bits per heavy atom. The van der Waals surface area contributed by atoms with Crippen LogP contribution < -0.4 is 4.74 Å². The SMILES string of the molecule is COc1c(Cl)cc(CCC(O)C(C)O)cc1Cl. The number of aliphatic hydroxyl groups is 2. The first kappa shape index (κ1) is 14.6. The van der Waals surface area contributed by atoms with Crippen LogP contribution in [0.25, 0.3) is 0 Å². The summed E-state index contributed by atoms with van der Waals surface area (Å²) in [5.41, 5.74) is 0.903. The van der Waals surface area contributed by atoms with Gasteiger partial charge in [0, 0.05) is 0 Å². The number of benzene rings is 1. The molecule has 5 heteroatoms. The van der Waals surface area contributed by atoms with Gasteiger partial charge in [-0.25, -0.2) is 0 Å². The lowest BCUT2D eigenvalue weighted by molar-refractivity contribution is 0.0265. The van der Waals surface area contributed by atoms with Gasteiger partial charge in [-0.05, 0) is 37.5 Å². The van der Waals surface area contributed by atoms with Crippen molar-refractivity contribution in [2.75, 3.05) is 7.11 Å². The summed E-state index contributed by atoms with van der Waals surface area (Å²) in [7, 11) is 1.50. The molecule has 17 heavy (non-hydrogen) atoms. The highest BCUT2D eigenvalue weighted by atomic mass is 35.5. The Labute approximate surface area is 111 Å². The van der Waals surface area contributed by atoms with Gasteiger partial charge in [-0.2, -0.15) is 0 Å². The summed E-state index contributed by atoms with van der Waals surface area (Å²) < 4.78 is 5.04. The molecule has 96 valence electrons. The molecule has 2 unspecified atom stereocenters. The molecule has 3 nitrogen and oxygen atoms in total. The van der Waals surface area contributed by atoms with Gasteiger partial charge in [0.25, 0.3) is 0 Å². The summed E-state index contributed by atoms with van der Waals surface area (Å²) in [5.74, 6) is 0.452. The molecule has 0 amide bonds. The molecule has 1 rings (SSSR count). The number of ether oxygens (including phenoxy) is 1. The van der Waals surface area contributed by atoms with E-state index in [1.807, 2.05) is 0 Å². The van der Waals surface area contributed by atoms with E-state index in [1.165, 1.54) is 7.11 Å². The van der Waals surface area contributed by atoms with E-state index in [-0.39, 0.29) is 0 Å². The first-order chi connectivity index (χ1) is 7.95. The Morgan fingerprint density at radius 1 is 1.24 bits per heavy atom. The highest BCUT2D eigenvalue weighted by Gasteiger charge is 2.13. The van der Waals surface area contributed by atoms with Crippen LogP contribution in [-0.4, -0.2) is 29.5 Å². The third-order valence-corrected chi connectivity index (χ3v) is 3.11. The topological polar surface area (TPSA) is 49.7 Å². The van der Waals surface area contributed by atoms with Crippen LogP contribution in [0.4, 0.5) is 0 Å². The minimum Gasteiger partial charge on any atom is -0.494 e. The molecule has 0 aliphatic heterocycles. The average Bonchev–Trinajstić information content (AvgIpc) is 2.25. The van der Waals surface area contributed by atoms with Crippen LogP contribution in [0.3, 0.4) is 0 Å². The molecule has 2 atom stereocenters. The zero-order chi connectivity index (χ0) is 13.0. The third-order valence-electron chi connectivity index (χ3n) is 2.55. The van der Waals surface area contributed by atoms with Crippen LogP contribution in [0.5, 0.6) is 5.75 Å². The normalized spacial score (nSPS) is 14.5. The molecule has 0 saturated heterocycles. The summed E-state index contributed by atoms with van der Waals surface area (Å²) in [6, 6.07) is 3.50. The monoisotopic (exact) mass is 278 g/mol. The van der Waals surface area contributed by atoms with Gasteiger partial charge < -0.3 is 14.9 Å². The van der Waals surface area contributed by atoms with Gasteiger partial charge in [0.15, 0.2) is 5.75 Å². The molecule has 0 spiro atoms. The lowest BCUT2D eigenvalue weighted by atomic mass is 10.0. The first-order valence-corrected chi connectivity index (χ1v) is 6.09. The molecule has 1 aromatic rings. The van der Waals surface area contributed by atoms with Crippen molar-refractivity contribution >= 4 is 23.2 Å². The van der Waals surface area contributed by atoms with Gasteiger partial charge >= 0.3 is 0 Å². The van der Waals surface area contributed by atoms with Crippen molar-refractivity contribution in [2.45, 2.75) is 32.0 Å². The lowest BCUT2D eigenvalue weighted by Crippen LogP contribution is -2.22. The molecule has 1 aromatic carbocycles. The van der Waals surface area contributed by atoms with Crippen molar-refractivity contribution in [1.82, 2.24) is 0 Å². The Balaban J connectivity index is 2.73. The maximum absolute atomic E-state index is 9.49. The molecule has 0 saturated carbocycles. The highest BCUT2D eigenvalue weighted by molar-refractivity contribution is 6.37. The number of hydrogen-bond acceptors (Lipinski definition) is 3. The van der Waals surface area contributed by atoms with E-state index in [2.05, 4.69) is 0 Å². The van der Waals surface area contributed by atoms with E-state index < -0.39 is 12.2 Å². The van der Waals surface area contributed by atoms with Crippen molar-refractivity contribution < 1.29 is 14.9 Å². The van der Waals surface area contributed by atoms with Crippen molar-refractivity contribution in [3.05, 3.63) is 27.7 Å². The molecule has 0 aliphatic rings. The first-order valence-electron chi connectivity index (χ1n) is 5.33. The summed E-state index contributed by atoms with van der Waals surface area (Å²) in [4.78, 5) is 0. The predicted molar refractivity (Wildman–Crippen MR) is 69.0 cm³/mol. The number of aryl methyl sites for hydroxylation is 1. The van der Waals surface area contributed by atoms with Crippen molar-refractivity contribution in [2.24, 2.45) is 0 Å². The smallest absolute Gasteiger partial charge is 0.156 e. The molecule has 0 radical (unpaired) electrons. The Morgan fingerprint density at radius 3 is 2.18 bits per heavy atom. The van der Waals surface area contributed by atoms with Crippen LogP contribution >= 0.6 is 23.2 Å². The largest absolute Gasteiger partial charge is 0.494 e. The molecular weight excluding hydrogens is 263 g/mol. The third kappa shape index (κ3) is 4.03. The minimum atomic E-state index is -0.741. The van der Waals surface area contributed by atoms with E-state index in [9.17, 15) is 5.11 Å². The van der Waals surface area contributed by atoms with Gasteiger partial charge in [0.1, 0.15) is 0 Å². The molecule has 0 aromatic heterocycles. The molecule has 2 N–H and O–H groups in total. The fourth-order valence-corrected chi connectivity index (χ4v) is 2.19. The van der Waals surface area contributed by atoms with Crippen LogP contribution in [-0.2, 0) is 6.42 Å². The molecule has 0 bridgehead atoms. The van der Waals surface area contributed by atoms with E-state index in [0.29, 0.717) is 28.6 Å². The average molecular weight is 279 g/mol. The van der Waals surface area contributed by atoms with E-state index in [1.54, 1.807) is 19.1 Å². The van der Waals surface area contributed by atoms with Crippen molar-refractivity contribution in [1.29, 1.82) is 0 Å². The zero-order valence-electron chi connectivity index (χ0n) is 9.78. The molecular formula is C12H16Cl2O3. The number of methoxy groups -OCH3 is 1. The second kappa shape index (κ2) is 6.45. The van der Waals surface area contributed by atoms with Gasteiger partial charge in [-0.15, -0.1) is 0 Å². The fraction of sp³-hybridized carbons (Fsp3) is 0.500. The van der Waals surface area contributed by atoms with E-state index in [0.717, 1.165) is 5.56 Å². The standard InChI is InChI=1S/C12H16Cl2O3/c1-7(15)11(16)4-3-8-5-9(13)12(17-2)10(14)6-8/h5-7,11,15-16H,3-4H2,1-2H3. The van der Waals surface area contributed by atoms with Crippen molar-refractivity contribution in [3.63, 3.8) is 0 Å². The number of aliphatic hydroxyl groups excluding tert-OH is 2. The lowest BCUT2D eigenvalue weighted by Gasteiger charge is -2.14. The highest BCUT2D eigenvalue weighted by Crippen LogP contribution is 2.34. The van der Waals surface area contributed by atoms with Crippen LogP contribution in [0.2, 0.25) is 10.0 Å². The quantitative estimate of drug-likeness (QED) is 0.871. The Hall–Kier alpha value is -0.480. The summed E-state index contributed by atoms with van der Waals surface area (Å²) in [5, 5.41) is 19.5. The van der Waals surface area contributed by atoms with Crippen LogP contribution in [0, 0.1) is 0 Å². The van der Waals surface area contributed by atoms with Gasteiger partial charge in [0.05, 0.1) is 29.4 Å². The summed E-state index contributed by atoms with van der Waals surface area (Å²) in [6.07, 6.45) is -0.430. The summed E-state index contributed by atoms with van der Waals surface area (Å²) >= 11 is 12.0. The van der Waals surface area contributed by atoms with Gasteiger partial charge in [0.2, 0.25) is 0 Å². The molecule has 0 aliphatic carbocycles. The Kier molecular flexibility index (Phi) is 5.53. The van der Waals surface area contributed by atoms with Crippen molar-refractivity contribution in [3.8, 4) is 5.75 Å². The zero-order valence-corrected chi connectivity index (χ0v) is 11.3. The molecule has 0 fully saturated rings. The minimum absolute atomic E-state index is 0.446. The fourth-order valence-electron chi connectivity index (χ4n) is 1.51.